The van der Waals surface area contributed by atoms with Crippen LogP contribution in [-0.4, -0.2) is 68.7 Å². The molecule has 4 rings (SSSR count). The van der Waals surface area contributed by atoms with Gasteiger partial charge in [-0.25, -0.2) is 9.97 Å². The van der Waals surface area contributed by atoms with Crippen molar-refractivity contribution in [3.63, 3.8) is 0 Å². The molecule has 2 aliphatic heterocycles. The predicted octanol–water partition coefficient (Wildman–Crippen LogP) is 4.78. The second kappa shape index (κ2) is 10.1. The number of carbonyl (C=O) groups excluding carboxylic acids is 2. The number of hydrogen-bond donors (Lipinski definition) is 3. The monoisotopic (exact) mass is 553 g/mol. The third-order valence-electron chi connectivity index (χ3n) is 7.23. The van der Waals surface area contributed by atoms with Gasteiger partial charge in [-0.05, 0) is 71.9 Å². The van der Waals surface area contributed by atoms with E-state index in [1.165, 1.54) is 6.20 Å². The molecule has 208 valence electrons. The number of pyridine rings is 1. The van der Waals surface area contributed by atoms with Crippen molar-refractivity contribution in [3.8, 4) is 10.4 Å². The van der Waals surface area contributed by atoms with Crippen LogP contribution < -0.4 is 10.6 Å². The number of nitrogens with zero attached hydrogens (tertiary/aromatic N) is 3. The van der Waals surface area contributed by atoms with Crippen molar-refractivity contribution in [2.45, 2.75) is 84.2 Å². The Morgan fingerprint density at radius 3 is 2.24 bits per heavy atom. The lowest BCUT2D eigenvalue weighted by atomic mass is 9.93. The number of hydrogen-bond acceptors (Lipinski definition) is 7. The van der Waals surface area contributed by atoms with Gasteiger partial charge in [0.05, 0.1) is 15.9 Å². The van der Waals surface area contributed by atoms with E-state index in [4.69, 9.17) is 0 Å². The van der Waals surface area contributed by atoms with Gasteiger partial charge in [0.25, 0.3) is 11.8 Å². The molecule has 0 unspecified atom stereocenters. The Hall–Kier alpha value is -2.73. The number of aliphatic hydroxyl groups is 1. The molecule has 0 atom stereocenters. The minimum atomic E-state index is -4.37. The fourth-order valence-corrected chi connectivity index (χ4v) is 5.83. The Morgan fingerprint density at radius 1 is 1.11 bits per heavy atom. The predicted molar refractivity (Wildman–Crippen MR) is 139 cm³/mol. The molecule has 2 aromatic rings. The summed E-state index contributed by atoms with van der Waals surface area (Å²) in [6.07, 6.45) is 0.922. The minimum Gasteiger partial charge on any atom is -0.389 e. The maximum Gasteiger partial charge on any atom is 0.395 e. The zero-order valence-corrected chi connectivity index (χ0v) is 23.0. The molecule has 0 saturated carbocycles. The van der Waals surface area contributed by atoms with Crippen LogP contribution in [0.2, 0.25) is 0 Å². The summed E-state index contributed by atoms with van der Waals surface area (Å²) < 4.78 is 39.7. The van der Waals surface area contributed by atoms with Crippen molar-refractivity contribution in [1.29, 1.82) is 0 Å². The maximum absolute atomic E-state index is 13.7. The lowest BCUT2D eigenvalue weighted by Gasteiger charge is -2.28. The van der Waals surface area contributed by atoms with E-state index in [1.54, 1.807) is 26.8 Å². The normalized spacial score (nSPS) is 19.7. The number of nitrogens with one attached hydrogen (secondary N) is 2. The van der Waals surface area contributed by atoms with Crippen LogP contribution >= 0.6 is 11.3 Å². The molecule has 0 radical (unpaired) electrons. The molecule has 3 N–H and O–H groups in total. The van der Waals surface area contributed by atoms with Gasteiger partial charge >= 0.3 is 6.18 Å². The number of fused-ring (bicyclic) bond motifs is 2. The summed E-state index contributed by atoms with van der Waals surface area (Å²) in [5.74, 6) is -0.446. The average molecular weight is 554 g/mol. The van der Waals surface area contributed by atoms with E-state index < -0.39 is 23.1 Å². The van der Waals surface area contributed by atoms with Gasteiger partial charge in [-0.2, -0.15) is 13.2 Å². The lowest BCUT2D eigenvalue weighted by molar-refractivity contribution is -0.206. The van der Waals surface area contributed by atoms with E-state index in [-0.39, 0.29) is 47.6 Å². The number of carbonyl (C=O) groups is 2. The van der Waals surface area contributed by atoms with E-state index in [2.05, 4.69) is 20.6 Å². The number of aryl methyl sites for hydroxylation is 1. The molecule has 2 bridgehead atoms. The number of rotatable bonds is 8. The highest BCUT2D eigenvalue weighted by molar-refractivity contribution is 7.17. The summed E-state index contributed by atoms with van der Waals surface area (Å²) in [4.78, 5) is 37.7. The van der Waals surface area contributed by atoms with E-state index in [0.29, 0.717) is 16.0 Å². The maximum atomic E-state index is 13.7. The van der Waals surface area contributed by atoms with Gasteiger partial charge in [-0.15, -0.1) is 11.3 Å². The SMILES string of the molecule is Cc1cc(NCC(C)(C)C(F)(F)F)ncc1-c1sc(C(=O)NCC(C)(C)O)nc1C(=O)N1C2CCC1CC2. The minimum absolute atomic E-state index is 0.00945. The van der Waals surface area contributed by atoms with Gasteiger partial charge < -0.3 is 20.6 Å². The van der Waals surface area contributed by atoms with Crippen LogP contribution in [0.25, 0.3) is 10.4 Å². The van der Waals surface area contributed by atoms with Gasteiger partial charge in [0.1, 0.15) is 11.5 Å². The van der Waals surface area contributed by atoms with Gasteiger partial charge in [0.15, 0.2) is 5.01 Å². The molecule has 2 saturated heterocycles. The van der Waals surface area contributed by atoms with Gasteiger partial charge in [-0.3, -0.25) is 9.59 Å². The summed E-state index contributed by atoms with van der Waals surface area (Å²) in [7, 11) is 0. The van der Waals surface area contributed by atoms with E-state index in [0.717, 1.165) is 50.9 Å². The molecule has 2 amide bonds. The van der Waals surface area contributed by atoms with Crippen LogP contribution in [-0.2, 0) is 0 Å². The second-order valence-electron chi connectivity index (χ2n) is 11.5. The summed E-state index contributed by atoms with van der Waals surface area (Å²) in [6, 6.07) is 1.96. The fourth-order valence-electron chi connectivity index (χ4n) is 4.79. The number of alkyl halides is 3. The molecule has 2 aromatic heterocycles. The molecule has 2 fully saturated rings. The molecule has 0 aromatic carbocycles. The van der Waals surface area contributed by atoms with Crippen molar-refractivity contribution in [2.24, 2.45) is 5.41 Å². The third kappa shape index (κ3) is 5.80. The van der Waals surface area contributed by atoms with Gasteiger partial charge in [-0.1, -0.05) is 0 Å². The second-order valence-corrected chi connectivity index (χ2v) is 12.5. The topological polar surface area (TPSA) is 107 Å². The standard InChI is InChI=1S/C26H34F3N5O3S/c1-14-10-18(31-12-24(2,3)26(27,28)29)30-11-17(14)20-19(23(36)34-15-6-7-16(34)9-8-15)33-22(38-20)21(35)32-13-25(4,5)37/h10-11,15-16,37H,6-9,12-13H2,1-5H3,(H,30,31)(H,32,35). The largest absolute Gasteiger partial charge is 0.395 e. The molecule has 0 spiro atoms. The van der Waals surface area contributed by atoms with Crippen molar-refractivity contribution in [2.75, 3.05) is 18.4 Å². The van der Waals surface area contributed by atoms with Crippen LogP contribution in [0.1, 0.15) is 79.2 Å². The van der Waals surface area contributed by atoms with Crippen LogP contribution in [0.15, 0.2) is 12.3 Å². The van der Waals surface area contributed by atoms with Crippen molar-refractivity contribution in [3.05, 3.63) is 28.5 Å². The van der Waals surface area contributed by atoms with E-state index in [1.807, 2.05) is 4.90 Å². The zero-order chi connectivity index (χ0) is 28.0. The molecular weight excluding hydrogens is 519 g/mol. The van der Waals surface area contributed by atoms with E-state index in [9.17, 15) is 27.9 Å². The Labute approximate surface area is 224 Å². The lowest BCUT2D eigenvalue weighted by Crippen LogP contribution is -2.38. The molecule has 0 aliphatic carbocycles. The quantitative estimate of drug-likeness (QED) is 0.434. The summed E-state index contributed by atoms with van der Waals surface area (Å²) >= 11 is 1.06. The highest BCUT2D eigenvalue weighted by Gasteiger charge is 2.47. The number of halogens is 3. The number of thiazole rings is 1. The molecule has 2 aliphatic rings. The Balaban J connectivity index is 1.65. The van der Waals surface area contributed by atoms with Crippen molar-refractivity contribution >= 4 is 29.0 Å². The average Bonchev–Trinajstić information content (AvgIpc) is 3.54. The molecular formula is C26H34F3N5O3S. The van der Waals surface area contributed by atoms with Crippen molar-refractivity contribution < 1.29 is 27.9 Å². The zero-order valence-electron chi connectivity index (χ0n) is 22.2. The first kappa shape index (κ1) is 28.3. The first-order valence-corrected chi connectivity index (χ1v) is 13.5. The number of amides is 2. The molecule has 12 heteroatoms. The van der Waals surface area contributed by atoms with Gasteiger partial charge in [0, 0.05) is 36.9 Å². The summed E-state index contributed by atoms with van der Waals surface area (Å²) in [5, 5.41) is 15.5. The Bertz CT molecular complexity index is 1200. The number of aromatic nitrogens is 2. The van der Waals surface area contributed by atoms with Crippen molar-refractivity contribution in [1.82, 2.24) is 20.2 Å². The molecule has 8 nitrogen and oxygen atoms in total. The van der Waals surface area contributed by atoms with Gasteiger partial charge in [0.2, 0.25) is 0 Å². The third-order valence-corrected chi connectivity index (χ3v) is 8.31. The Kier molecular flexibility index (Phi) is 7.52. The molecule has 4 heterocycles. The summed E-state index contributed by atoms with van der Waals surface area (Å²) in [6.45, 7) is 6.81. The molecule has 38 heavy (non-hydrogen) atoms. The number of anilines is 1. The van der Waals surface area contributed by atoms with E-state index >= 15 is 0 Å². The summed E-state index contributed by atoms with van der Waals surface area (Å²) in [5.41, 5.74) is -1.63. The Morgan fingerprint density at radius 2 is 1.71 bits per heavy atom. The van der Waals surface area contributed by atoms with Crippen LogP contribution in [0, 0.1) is 12.3 Å². The van der Waals surface area contributed by atoms with Crippen LogP contribution in [0.3, 0.4) is 0 Å². The first-order chi connectivity index (χ1) is 17.6. The van der Waals surface area contributed by atoms with Crippen LogP contribution in [0.4, 0.5) is 19.0 Å². The smallest absolute Gasteiger partial charge is 0.389 e. The highest BCUT2D eigenvalue weighted by atomic mass is 32.1. The highest BCUT2D eigenvalue weighted by Crippen LogP contribution is 2.41. The van der Waals surface area contributed by atoms with Crippen LogP contribution in [0.5, 0.6) is 0 Å². The fraction of sp³-hybridized carbons (Fsp3) is 0.615. The first-order valence-electron chi connectivity index (χ1n) is 12.7.